The van der Waals surface area contributed by atoms with E-state index in [0.717, 1.165) is 47.2 Å². The molecule has 1 amide bonds. The van der Waals surface area contributed by atoms with E-state index in [4.69, 9.17) is 9.72 Å². The highest BCUT2D eigenvalue weighted by Gasteiger charge is 2.23. The SMILES string of the molecule is CCCn1c(SCC(=O)NCc2ccc(OC)cc2)nc2sc3c(c2c1=O)CCC3. The second kappa shape index (κ2) is 9.22. The number of hydrogen-bond acceptors (Lipinski definition) is 6. The van der Waals surface area contributed by atoms with E-state index in [1.54, 1.807) is 23.0 Å². The van der Waals surface area contributed by atoms with E-state index in [2.05, 4.69) is 5.32 Å². The number of ether oxygens (including phenoxy) is 1. The maximum absolute atomic E-state index is 13.2. The summed E-state index contributed by atoms with van der Waals surface area (Å²) < 4.78 is 6.89. The molecule has 1 aromatic carbocycles. The Morgan fingerprint density at radius 3 is 2.83 bits per heavy atom. The lowest BCUT2D eigenvalue weighted by atomic mass is 10.2. The third-order valence-electron chi connectivity index (χ3n) is 5.22. The Hall–Kier alpha value is -2.32. The number of carbonyl (C=O) groups is 1. The monoisotopic (exact) mass is 443 g/mol. The van der Waals surface area contributed by atoms with Crippen LogP contribution in [-0.2, 0) is 30.7 Å². The molecule has 1 aliphatic carbocycles. The number of methoxy groups -OCH3 is 1. The molecule has 0 bridgehead atoms. The Morgan fingerprint density at radius 1 is 1.30 bits per heavy atom. The van der Waals surface area contributed by atoms with E-state index < -0.39 is 0 Å². The number of aryl methyl sites for hydroxylation is 2. The number of benzene rings is 1. The molecule has 0 unspecified atom stereocenters. The normalized spacial score (nSPS) is 12.9. The highest BCUT2D eigenvalue weighted by atomic mass is 32.2. The highest BCUT2D eigenvalue weighted by molar-refractivity contribution is 7.99. The highest BCUT2D eigenvalue weighted by Crippen LogP contribution is 2.35. The molecule has 1 aliphatic rings. The number of fused-ring (bicyclic) bond motifs is 3. The molecule has 8 heteroatoms. The standard InChI is InChI=1S/C22H25N3O3S2/c1-3-11-25-21(27)19-16-5-4-6-17(16)30-20(19)24-22(25)29-13-18(26)23-12-14-7-9-15(28-2)10-8-14/h7-10H,3-6,11-13H2,1-2H3,(H,23,26). The number of thiophene rings is 1. The smallest absolute Gasteiger partial charge is 0.263 e. The van der Waals surface area contributed by atoms with Crippen LogP contribution in [-0.4, -0.2) is 28.3 Å². The third kappa shape index (κ3) is 4.25. The topological polar surface area (TPSA) is 73.2 Å². The Labute approximate surface area is 183 Å². The molecule has 158 valence electrons. The number of carbonyl (C=O) groups excluding carboxylic acids is 1. The zero-order chi connectivity index (χ0) is 21.1. The summed E-state index contributed by atoms with van der Waals surface area (Å²) in [5, 5.41) is 4.36. The van der Waals surface area contributed by atoms with Gasteiger partial charge < -0.3 is 10.1 Å². The summed E-state index contributed by atoms with van der Waals surface area (Å²) in [6, 6.07) is 7.60. The fourth-order valence-corrected chi connectivity index (χ4v) is 5.87. The van der Waals surface area contributed by atoms with Crippen LogP contribution < -0.4 is 15.6 Å². The van der Waals surface area contributed by atoms with Gasteiger partial charge in [-0.25, -0.2) is 4.98 Å². The van der Waals surface area contributed by atoms with Crippen molar-refractivity contribution in [3.8, 4) is 5.75 Å². The molecule has 4 rings (SSSR count). The predicted molar refractivity (Wildman–Crippen MR) is 122 cm³/mol. The maximum atomic E-state index is 13.2. The lowest BCUT2D eigenvalue weighted by Crippen LogP contribution is -2.26. The van der Waals surface area contributed by atoms with Gasteiger partial charge in [0, 0.05) is 18.0 Å². The van der Waals surface area contributed by atoms with E-state index in [-0.39, 0.29) is 17.2 Å². The summed E-state index contributed by atoms with van der Waals surface area (Å²) in [6.45, 7) is 3.11. The molecule has 0 saturated carbocycles. The second-order valence-electron chi connectivity index (χ2n) is 7.30. The fraction of sp³-hybridized carbons (Fsp3) is 0.409. The predicted octanol–water partition coefficient (Wildman–Crippen LogP) is 3.77. The van der Waals surface area contributed by atoms with Gasteiger partial charge in [-0.05, 0) is 48.9 Å². The molecule has 1 N–H and O–H groups in total. The Balaban J connectivity index is 1.46. The van der Waals surface area contributed by atoms with Crippen LogP contribution in [0.5, 0.6) is 5.75 Å². The molecule has 0 saturated heterocycles. The van der Waals surface area contributed by atoms with Crippen LogP contribution >= 0.6 is 23.1 Å². The largest absolute Gasteiger partial charge is 0.497 e. The average molecular weight is 444 g/mol. The number of nitrogens with zero attached hydrogens (tertiary/aromatic N) is 2. The van der Waals surface area contributed by atoms with Crippen molar-refractivity contribution in [2.24, 2.45) is 0 Å². The van der Waals surface area contributed by atoms with Gasteiger partial charge in [-0.3, -0.25) is 14.2 Å². The minimum absolute atomic E-state index is 0.0439. The molecule has 30 heavy (non-hydrogen) atoms. The van der Waals surface area contributed by atoms with E-state index in [9.17, 15) is 9.59 Å². The molecule has 3 aromatic rings. The molecule has 0 spiro atoms. The first-order chi connectivity index (χ1) is 14.6. The molecule has 0 atom stereocenters. The van der Waals surface area contributed by atoms with Gasteiger partial charge in [-0.2, -0.15) is 0 Å². The Kier molecular flexibility index (Phi) is 6.43. The molecular formula is C22H25N3O3S2. The van der Waals surface area contributed by atoms with Gasteiger partial charge in [0.1, 0.15) is 10.6 Å². The Morgan fingerprint density at radius 2 is 2.10 bits per heavy atom. The number of nitrogens with one attached hydrogen (secondary N) is 1. The second-order valence-corrected chi connectivity index (χ2v) is 9.33. The van der Waals surface area contributed by atoms with Crippen molar-refractivity contribution in [2.75, 3.05) is 12.9 Å². The summed E-state index contributed by atoms with van der Waals surface area (Å²) in [5.41, 5.74) is 2.25. The summed E-state index contributed by atoms with van der Waals surface area (Å²) >= 11 is 2.97. The van der Waals surface area contributed by atoms with Gasteiger partial charge in [0.25, 0.3) is 5.56 Å². The first-order valence-electron chi connectivity index (χ1n) is 10.2. The van der Waals surface area contributed by atoms with Crippen LogP contribution in [0.2, 0.25) is 0 Å². The van der Waals surface area contributed by atoms with Crippen molar-refractivity contribution in [2.45, 2.75) is 50.9 Å². The minimum atomic E-state index is -0.0816. The quantitative estimate of drug-likeness (QED) is 0.424. The van der Waals surface area contributed by atoms with E-state index in [1.165, 1.54) is 22.2 Å². The van der Waals surface area contributed by atoms with Crippen molar-refractivity contribution >= 4 is 39.2 Å². The molecule has 0 fully saturated rings. The third-order valence-corrected chi connectivity index (χ3v) is 7.38. The number of amides is 1. The molecule has 0 aliphatic heterocycles. The van der Waals surface area contributed by atoms with Gasteiger partial charge >= 0.3 is 0 Å². The summed E-state index contributed by atoms with van der Waals surface area (Å²) in [4.78, 5) is 32.4. The van der Waals surface area contributed by atoms with Crippen LogP contribution in [0.25, 0.3) is 10.2 Å². The molecule has 2 aromatic heterocycles. The van der Waals surface area contributed by atoms with Crippen LogP contribution in [0.4, 0.5) is 0 Å². The number of thioether (sulfide) groups is 1. The van der Waals surface area contributed by atoms with Crippen molar-refractivity contribution in [3.05, 3.63) is 50.6 Å². The van der Waals surface area contributed by atoms with Crippen LogP contribution in [0, 0.1) is 0 Å². The van der Waals surface area contributed by atoms with Crippen LogP contribution in [0.3, 0.4) is 0 Å². The summed E-state index contributed by atoms with van der Waals surface area (Å²) in [7, 11) is 1.63. The van der Waals surface area contributed by atoms with Gasteiger partial charge in [-0.1, -0.05) is 30.8 Å². The number of rotatable bonds is 8. The number of aromatic nitrogens is 2. The average Bonchev–Trinajstić information content (AvgIpc) is 3.34. The Bertz CT molecular complexity index is 1120. The van der Waals surface area contributed by atoms with Gasteiger partial charge in [0.05, 0.1) is 18.2 Å². The first-order valence-corrected chi connectivity index (χ1v) is 12.0. The molecule has 6 nitrogen and oxygen atoms in total. The fourth-order valence-electron chi connectivity index (χ4n) is 3.71. The van der Waals surface area contributed by atoms with Gasteiger partial charge in [-0.15, -0.1) is 11.3 Å². The molecule has 2 heterocycles. The number of hydrogen-bond donors (Lipinski definition) is 1. The summed E-state index contributed by atoms with van der Waals surface area (Å²) in [6.07, 6.45) is 3.98. The van der Waals surface area contributed by atoms with Crippen molar-refractivity contribution < 1.29 is 9.53 Å². The zero-order valence-corrected chi connectivity index (χ0v) is 18.8. The van der Waals surface area contributed by atoms with E-state index in [1.807, 2.05) is 31.2 Å². The van der Waals surface area contributed by atoms with Crippen molar-refractivity contribution in [1.82, 2.24) is 14.9 Å². The van der Waals surface area contributed by atoms with E-state index in [0.29, 0.717) is 18.2 Å². The van der Waals surface area contributed by atoms with Gasteiger partial charge in [0.15, 0.2) is 5.16 Å². The molecule has 0 radical (unpaired) electrons. The zero-order valence-electron chi connectivity index (χ0n) is 17.2. The first kappa shape index (κ1) is 20.9. The lowest BCUT2D eigenvalue weighted by Gasteiger charge is -2.11. The molecular weight excluding hydrogens is 418 g/mol. The van der Waals surface area contributed by atoms with Crippen LogP contribution in [0.15, 0.2) is 34.2 Å². The van der Waals surface area contributed by atoms with E-state index >= 15 is 0 Å². The van der Waals surface area contributed by atoms with Crippen molar-refractivity contribution in [1.29, 1.82) is 0 Å². The minimum Gasteiger partial charge on any atom is -0.497 e. The van der Waals surface area contributed by atoms with Crippen molar-refractivity contribution in [3.63, 3.8) is 0 Å². The maximum Gasteiger partial charge on any atom is 0.263 e. The van der Waals surface area contributed by atoms with Crippen LogP contribution in [0.1, 0.15) is 35.8 Å². The summed E-state index contributed by atoms with van der Waals surface area (Å²) in [5.74, 6) is 0.931. The van der Waals surface area contributed by atoms with Gasteiger partial charge in [0.2, 0.25) is 5.91 Å². The lowest BCUT2D eigenvalue weighted by molar-refractivity contribution is -0.118.